The third kappa shape index (κ3) is 1.78. The number of aromatic amines is 1. The number of hydrogen-bond acceptors (Lipinski definition) is 2. The molecule has 1 N–H and O–H groups in total. The first-order valence-corrected chi connectivity index (χ1v) is 7.67. The minimum absolute atomic E-state index is 0.781. The van der Waals surface area contributed by atoms with E-state index in [0.29, 0.717) is 0 Å². The van der Waals surface area contributed by atoms with E-state index >= 15 is 0 Å². The van der Waals surface area contributed by atoms with Crippen molar-refractivity contribution < 1.29 is 0 Å². The smallest absolute Gasteiger partial charge is 0.0912 e. The molecule has 3 aromatic rings. The predicted molar refractivity (Wildman–Crippen MR) is 85.8 cm³/mol. The zero-order valence-electron chi connectivity index (χ0n) is 11.2. The number of rotatable bonds is 1. The summed E-state index contributed by atoms with van der Waals surface area (Å²) < 4.78 is 0. The molecule has 0 amide bonds. The first-order valence-electron chi connectivity index (χ1n) is 6.68. The maximum Gasteiger partial charge on any atom is 0.0912 e. The Morgan fingerprint density at radius 1 is 1.05 bits per heavy atom. The molecule has 1 aromatic heterocycles. The lowest BCUT2D eigenvalue weighted by molar-refractivity contribution is 1.19. The zero-order valence-corrected chi connectivity index (χ0v) is 12.0. The second-order valence-corrected chi connectivity index (χ2v) is 5.98. The van der Waals surface area contributed by atoms with E-state index < -0.39 is 0 Å². The zero-order chi connectivity index (χ0) is 13.5. The Kier molecular flexibility index (Phi) is 2.67. The second-order valence-electron chi connectivity index (χ2n) is 5.02. The van der Waals surface area contributed by atoms with Crippen molar-refractivity contribution >= 4 is 28.4 Å². The van der Waals surface area contributed by atoms with Gasteiger partial charge in [-0.25, -0.2) is 0 Å². The third-order valence-corrected chi connectivity index (χ3v) is 4.52. The Bertz CT molecular complexity index is 813. The number of aryl methyl sites for hydroxylation is 1. The van der Waals surface area contributed by atoms with Crippen LogP contribution in [-0.2, 0) is 0 Å². The molecule has 0 radical (unpaired) electrons. The van der Waals surface area contributed by atoms with Crippen molar-refractivity contribution in [3.8, 4) is 0 Å². The van der Waals surface area contributed by atoms with Crippen LogP contribution in [0.15, 0.2) is 58.5 Å². The van der Waals surface area contributed by atoms with Gasteiger partial charge in [0.25, 0.3) is 0 Å². The fourth-order valence-corrected chi connectivity index (χ4v) is 3.50. The molecular formula is C17H14N2S. The molecule has 20 heavy (non-hydrogen) atoms. The Labute approximate surface area is 121 Å². The Balaban J connectivity index is 1.95. The van der Waals surface area contributed by atoms with Crippen molar-refractivity contribution in [1.29, 1.82) is 0 Å². The van der Waals surface area contributed by atoms with Crippen LogP contribution in [0.4, 0.5) is 0 Å². The molecule has 4 rings (SSSR count). The SMILES string of the molecule is Cc1ccc(C2=NCSc3[nH]c4ccccc4c32)cc1. The average molecular weight is 278 g/mol. The van der Waals surface area contributed by atoms with E-state index in [1.54, 1.807) is 11.8 Å². The molecule has 2 aromatic carbocycles. The van der Waals surface area contributed by atoms with Crippen molar-refractivity contribution in [3.05, 3.63) is 65.2 Å². The summed E-state index contributed by atoms with van der Waals surface area (Å²) in [5, 5.41) is 2.49. The van der Waals surface area contributed by atoms with Crippen molar-refractivity contribution in [2.75, 3.05) is 5.88 Å². The Hall–Kier alpha value is -2.00. The summed E-state index contributed by atoms with van der Waals surface area (Å²) in [5.41, 5.74) is 6.02. The van der Waals surface area contributed by atoms with Gasteiger partial charge in [0, 0.05) is 22.0 Å². The van der Waals surface area contributed by atoms with E-state index in [0.717, 1.165) is 11.6 Å². The van der Waals surface area contributed by atoms with Crippen LogP contribution in [0.3, 0.4) is 0 Å². The molecule has 1 aliphatic rings. The highest BCUT2D eigenvalue weighted by atomic mass is 32.2. The highest BCUT2D eigenvalue weighted by molar-refractivity contribution is 7.99. The summed E-state index contributed by atoms with van der Waals surface area (Å²) in [6, 6.07) is 17.1. The number of aliphatic imine (C=N–C) groups is 1. The van der Waals surface area contributed by atoms with Gasteiger partial charge in [-0.3, -0.25) is 4.99 Å². The molecule has 0 saturated carbocycles. The minimum Gasteiger partial charge on any atom is -0.349 e. The van der Waals surface area contributed by atoms with Crippen LogP contribution in [-0.4, -0.2) is 16.6 Å². The number of nitrogens with one attached hydrogen (secondary N) is 1. The maximum absolute atomic E-state index is 4.75. The van der Waals surface area contributed by atoms with Crippen LogP contribution in [0, 0.1) is 6.92 Å². The molecule has 0 spiro atoms. The van der Waals surface area contributed by atoms with Gasteiger partial charge in [0.05, 0.1) is 16.6 Å². The quantitative estimate of drug-likeness (QED) is 0.703. The fraction of sp³-hybridized carbons (Fsp3) is 0.118. The molecule has 0 fully saturated rings. The summed E-state index contributed by atoms with van der Waals surface area (Å²) in [5.74, 6) is 0.781. The number of nitrogens with zero attached hydrogens (tertiary/aromatic N) is 1. The van der Waals surface area contributed by atoms with Crippen LogP contribution in [0.25, 0.3) is 10.9 Å². The van der Waals surface area contributed by atoms with E-state index in [1.165, 1.54) is 32.6 Å². The van der Waals surface area contributed by atoms with Crippen molar-refractivity contribution in [2.45, 2.75) is 11.9 Å². The highest BCUT2D eigenvalue weighted by Crippen LogP contribution is 2.35. The standard InChI is InChI=1S/C17H14N2S/c1-11-6-8-12(9-7-11)16-15-13-4-2-3-5-14(13)19-17(15)20-10-18-16/h2-9,19H,10H2,1H3. The average Bonchev–Trinajstić information content (AvgIpc) is 2.86. The number of hydrogen-bond donors (Lipinski definition) is 1. The van der Waals surface area contributed by atoms with Crippen LogP contribution in [0.5, 0.6) is 0 Å². The molecule has 1 aliphatic heterocycles. The Morgan fingerprint density at radius 2 is 1.85 bits per heavy atom. The van der Waals surface area contributed by atoms with Gasteiger partial charge in [-0.1, -0.05) is 59.8 Å². The lowest BCUT2D eigenvalue weighted by Gasteiger charge is -2.13. The summed E-state index contributed by atoms with van der Waals surface area (Å²) in [7, 11) is 0. The van der Waals surface area contributed by atoms with E-state index in [-0.39, 0.29) is 0 Å². The molecular weight excluding hydrogens is 264 g/mol. The molecule has 2 nitrogen and oxygen atoms in total. The molecule has 0 saturated heterocycles. The van der Waals surface area contributed by atoms with Gasteiger partial charge in [-0.15, -0.1) is 0 Å². The fourth-order valence-electron chi connectivity index (χ4n) is 2.65. The van der Waals surface area contributed by atoms with Gasteiger partial charge < -0.3 is 4.98 Å². The summed E-state index contributed by atoms with van der Waals surface area (Å²) in [6.45, 7) is 2.11. The molecule has 0 aliphatic carbocycles. The largest absolute Gasteiger partial charge is 0.349 e. The lowest BCUT2D eigenvalue weighted by atomic mass is 10.0. The van der Waals surface area contributed by atoms with Crippen molar-refractivity contribution in [2.24, 2.45) is 4.99 Å². The van der Waals surface area contributed by atoms with Crippen LogP contribution in [0.2, 0.25) is 0 Å². The first-order chi connectivity index (χ1) is 9.83. The number of aromatic nitrogens is 1. The van der Waals surface area contributed by atoms with Gasteiger partial charge in [0.15, 0.2) is 0 Å². The topological polar surface area (TPSA) is 28.1 Å². The Morgan fingerprint density at radius 3 is 2.70 bits per heavy atom. The third-order valence-electron chi connectivity index (χ3n) is 3.67. The molecule has 0 unspecified atom stereocenters. The van der Waals surface area contributed by atoms with Crippen LogP contribution >= 0.6 is 11.8 Å². The van der Waals surface area contributed by atoms with Gasteiger partial charge in [0.1, 0.15) is 0 Å². The highest BCUT2D eigenvalue weighted by Gasteiger charge is 2.21. The maximum atomic E-state index is 4.75. The van der Waals surface area contributed by atoms with Crippen molar-refractivity contribution in [1.82, 2.24) is 4.98 Å². The van der Waals surface area contributed by atoms with E-state index in [2.05, 4.69) is 60.4 Å². The predicted octanol–water partition coefficient (Wildman–Crippen LogP) is 4.38. The monoisotopic (exact) mass is 278 g/mol. The van der Waals surface area contributed by atoms with Crippen LogP contribution < -0.4 is 0 Å². The molecule has 3 heteroatoms. The summed E-state index contributed by atoms with van der Waals surface area (Å²) in [6.07, 6.45) is 0. The molecule has 98 valence electrons. The number of benzene rings is 2. The number of fused-ring (bicyclic) bond motifs is 3. The number of H-pyrrole nitrogens is 1. The van der Waals surface area contributed by atoms with E-state index in [1.807, 2.05) is 0 Å². The second kappa shape index (κ2) is 4.53. The molecule has 0 bridgehead atoms. The van der Waals surface area contributed by atoms with E-state index in [9.17, 15) is 0 Å². The molecule has 2 heterocycles. The normalized spacial score (nSPS) is 14.2. The molecule has 0 atom stereocenters. The summed E-state index contributed by atoms with van der Waals surface area (Å²) >= 11 is 1.77. The lowest BCUT2D eigenvalue weighted by Crippen LogP contribution is -2.08. The summed E-state index contributed by atoms with van der Waals surface area (Å²) in [4.78, 5) is 8.26. The number of thioether (sulfide) groups is 1. The van der Waals surface area contributed by atoms with Gasteiger partial charge in [-0.05, 0) is 13.0 Å². The van der Waals surface area contributed by atoms with Gasteiger partial charge >= 0.3 is 0 Å². The first kappa shape index (κ1) is 11.8. The number of para-hydroxylation sites is 1. The minimum atomic E-state index is 0.781. The van der Waals surface area contributed by atoms with Crippen LogP contribution in [0.1, 0.15) is 16.7 Å². The van der Waals surface area contributed by atoms with Crippen molar-refractivity contribution in [3.63, 3.8) is 0 Å². The van der Waals surface area contributed by atoms with Gasteiger partial charge in [0.2, 0.25) is 0 Å². The van der Waals surface area contributed by atoms with E-state index in [4.69, 9.17) is 4.99 Å². The van der Waals surface area contributed by atoms with Gasteiger partial charge in [-0.2, -0.15) is 0 Å².